The van der Waals surface area contributed by atoms with E-state index >= 15 is 0 Å². The highest BCUT2D eigenvalue weighted by Gasteiger charge is 2.18. The van der Waals surface area contributed by atoms with Crippen LogP contribution < -0.4 is 11.1 Å². The molecule has 0 aromatic carbocycles. The monoisotopic (exact) mass is 224 g/mol. The average molecular weight is 224 g/mol. The maximum absolute atomic E-state index is 5.99. The van der Waals surface area contributed by atoms with Gasteiger partial charge in [-0.3, -0.25) is 0 Å². The summed E-state index contributed by atoms with van der Waals surface area (Å²) in [7, 11) is 0. The minimum atomic E-state index is 0.459. The Kier molecular flexibility index (Phi) is 5.11. The molecule has 2 rings (SSSR count). The average Bonchev–Trinajstić information content (AvgIpc) is 2.77. The molecule has 2 aliphatic rings. The molecule has 2 nitrogen and oxygen atoms in total. The van der Waals surface area contributed by atoms with Crippen LogP contribution in [0.2, 0.25) is 0 Å². The molecule has 2 unspecified atom stereocenters. The molecule has 0 saturated heterocycles. The fraction of sp³-hybridized carbons (Fsp3) is 1.00. The van der Waals surface area contributed by atoms with Crippen LogP contribution in [0.15, 0.2) is 0 Å². The van der Waals surface area contributed by atoms with Gasteiger partial charge in [0.1, 0.15) is 0 Å². The van der Waals surface area contributed by atoms with Gasteiger partial charge in [-0.1, -0.05) is 32.1 Å². The summed E-state index contributed by atoms with van der Waals surface area (Å²) in [6.45, 7) is 1.22. The van der Waals surface area contributed by atoms with Gasteiger partial charge in [0.2, 0.25) is 0 Å². The Bertz CT molecular complexity index is 187. The second-order valence-electron chi connectivity index (χ2n) is 5.87. The summed E-state index contributed by atoms with van der Waals surface area (Å²) < 4.78 is 0. The molecule has 2 saturated carbocycles. The summed E-state index contributed by atoms with van der Waals surface area (Å²) in [5.74, 6) is 1.05. The van der Waals surface area contributed by atoms with Gasteiger partial charge in [-0.25, -0.2) is 0 Å². The van der Waals surface area contributed by atoms with Gasteiger partial charge < -0.3 is 11.1 Å². The van der Waals surface area contributed by atoms with Crippen LogP contribution in [-0.2, 0) is 0 Å². The Labute approximate surface area is 100 Å². The third-order valence-corrected chi connectivity index (χ3v) is 4.41. The van der Waals surface area contributed by atoms with Crippen LogP contribution in [0.5, 0.6) is 0 Å². The third kappa shape index (κ3) is 4.06. The highest BCUT2D eigenvalue weighted by atomic mass is 14.9. The summed E-state index contributed by atoms with van der Waals surface area (Å²) in [5.41, 5.74) is 5.99. The molecule has 0 aromatic heterocycles. The molecule has 0 heterocycles. The molecule has 0 spiro atoms. The van der Waals surface area contributed by atoms with Gasteiger partial charge in [0.05, 0.1) is 0 Å². The highest BCUT2D eigenvalue weighted by Crippen LogP contribution is 2.28. The summed E-state index contributed by atoms with van der Waals surface area (Å²) >= 11 is 0. The zero-order valence-electron chi connectivity index (χ0n) is 10.6. The third-order valence-electron chi connectivity index (χ3n) is 4.41. The fourth-order valence-electron chi connectivity index (χ4n) is 3.41. The van der Waals surface area contributed by atoms with Crippen molar-refractivity contribution >= 4 is 0 Å². The Morgan fingerprint density at radius 2 is 1.81 bits per heavy atom. The van der Waals surface area contributed by atoms with Gasteiger partial charge in [0.15, 0.2) is 0 Å². The zero-order chi connectivity index (χ0) is 11.2. The summed E-state index contributed by atoms with van der Waals surface area (Å²) in [6, 6.07) is 1.17. The van der Waals surface area contributed by atoms with Gasteiger partial charge in [-0.15, -0.1) is 0 Å². The summed E-state index contributed by atoms with van der Waals surface area (Å²) in [5, 5.41) is 3.70. The van der Waals surface area contributed by atoms with Crippen molar-refractivity contribution in [3.8, 4) is 0 Å². The lowest BCUT2D eigenvalue weighted by atomic mass is 9.91. The fourth-order valence-corrected chi connectivity index (χ4v) is 3.41. The molecule has 2 aliphatic carbocycles. The first-order valence-corrected chi connectivity index (χ1v) is 7.33. The van der Waals surface area contributed by atoms with E-state index in [4.69, 9.17) is 5.73 Å². The Balaban J connectivity index is 1.50. The quantitative estimate of drug-likeness (QED) is 0.705. The molecule has 0 bridgehead atoms. The first kappa shape index (κ1) is 12.4. The Morgan fingerprint density at radius 3 is 2.56 bits per heavy atom. The van der Waals surface area contributed by atoms with E-state index in [9.17, 15) is 0 Å². The molecule has 0 aromatic rings. The maximum Gasteiger partial charge on any atom is 0.00818 e. The molecule has 2 atom stereocenters. The maximum atomic E-state index is 5.99. The van der Waals surface area contributed by atoms with E-state index in [1.165, 1.54) is 70.8 Å². The minimum absolute atomic E-state index is 0.459. The Hall–Kier alpha value is -0.0800. The molecule has 2 heteroatoms. The topological polar surface area (TPSA) is 38.0 Å². The van der Waals surface area contributed by atoms with Crippen LogP contribution in [-0.4, -0.2) is 18.6 Å². The van der Waals surface area contributed by atoms with Gasteiger partial charge >= 0.3 is 0 Å². The van der Waals surface area contributed by atoms with Crippen molar-refractivity contribution < 1.29 is 0 Å². The smallest absolute Gasteiger partial charge is 0.00818 e. The second kappa shape index (κ2) is 6.61. The molecule has 0 aliphatic heterocycles. The number of nitrogens with one attached hydrogen (secondary N) is 1. The predicted octanol–water partition coefficient (Wildman–Crippen LogP) is 2.82. The molecule has 2 fully saturated rings. The molecule has 16 heavy (non-hydrogen) atoms. The van der Waals surface area contributed by atoms with E-state index in [1.54, 1.807) is 0 Å². The van der Waals surface area contributed by atoms with Crippen molar-refractivity contribution in [3.63, 3.8) is 0 Å². The van der Waals surface area contributed by atoms with Crippen LogP contribution >= 0.6 is 0 Å². The van der Waals surface area contributed by atoms with Crippen LogP contribution in [0.4, 0.5) is 0 Å². The van der Waals surface area contributed by atoms with E-state index in [1.807, 2.05) is 0 Å². The molecular formula is C14H28N2. The van der Waals surface area contributed by atoms with Crippen molar-refractivity contribution in [1.82, 2.24) is 5.32 Å². The normalized spacial score (nSPS) is 32.1. The second-order valence-corrected chi connectivity index (χ2v) is 5.87. The van der Waals surface area contributed by atoms with Gasteiger partial charge in [0, 0.05) is 12.1 Å². The first-order chi connectivity index (χ1) is 7.84. The van der Waals surface area contributed by atoms with Crippen molar-refractivity contribution in [3.05, 3.63) is 0 Å². The van der Waals surface area contributed by atoms with Gasteiger partial charge in [-0.05, 0) is 44.6 Å². The minimum Gasteiger partial charge on any atom is -0.328 e. The molecular weight excluding hydrogens is 196 g/mol. The Morgan fingerprint density at radius 1 is 1.00 bits per heavy atom. The number of nitrogens with two attached hydrogens (primary N) is 1. The van der Waals surface area contributed by atoms with Gasteiger partial charge in [-0.2, -0.15) is 0 Å². The van der Waals surface area contributed by atoms with Crippen molar-refractivity contribution in [1.29, 1.82) is 0 Å². The van der Waals surface area contributed by atoms with Crippen LogP contribution in [0, 0.1) is 5.92 Å². The largest absolute Gasteiger partial charge is 0.328 e. The molecule has 94 valence electrons. The predicted molar refractivity (Wildman–Crippen MR) is 69.4 cm³/mol. The van der Waals surface area contributed by atoms with E-state index in [2.05, 4.69) is 5.32 Å². The van der Waals surface area contributed by atoms with E-state index < -0.39 is 0 Å². The number of rotatable bonds is 5. The van der Waals surface area contributed by atoms with Crippen LogP contribution in [0.1, 0.15) is 64.2 Å². The molecule has 0 amide bonds. The van der Waals surface area contributed by atoms with E-state index in [0.29, 0.717) is 12.1 Å². The lowest BCUT2D eigenvalue weighted by Crippen LogP contribution is -2.39. The van der Waals surface area contributed by atoms with E-state index in [-0.39, 0.29) is 0 Å². The van der Waals surface area contributed by atoms with Crippen molar-refractivity contribution in [2.45, 2.75) is 76.3 Å². The van der Waals surface area contributed by atoms with E-state index in [0.717, 1.165) is 5.92 Å². The lowest BCUT2D eigenvalue weighted by Gasteiger charge is -2.27. The van der Waals surface area contributed by atoms with Crippen LogP contribution in [0.3, 0.4) is 0 Å². The van der Waals surface area contributed by atoms with Crippen molar-refractivity contribution in [2.75, 3.05) is 6.54 Å². The summed E-state index contributed by atoms with van der Waals surface area (Å²) in [6.07, 6.45) is 13.9. The summed E-state index contributed by atoms with van der Waals surface area (Å²) in [4.78, 5) is 0. The van der Waals surface area contributed by atoms with Gasteiger partial charge in [0.25, 0.3) is 0 Å². The zero-order valence-corrected chi connectivity index (χ0v) is 10.6. The number of hydrogen-bond acceptors (Lipinski definition) is 2. The first-order valence-electron chi connectivity index (χ1n) is 7.33. The molecule has 0 radical (unpaired) electrons. The highest BCUT2D eigenvalue weighted by molar-refractivity contribution is 4.79. The number of hydrogen-bond donors (Lipinski definition) is 2. The van der Waals surface area contributed by atoms with Crippen molar-refractivity contribution in [2.24, 2.45) is 11.7 Å². The SMILES string of the molecule is NC1CCCC(NCCCC2CCCC2)C1. The lowest BCUT2D eigenvalue weighted by molar-refractivity contribution is 0.333. The molecule has 3 N–H and O–H groups in total. The van der Waals surface area contributed by atoms with Crippen LogP contribution in [0.25, 0.3) is 0 Å². The standard InChI is InChI=1S/C14H28N2/c15-13-8-3-9-14(11-13)16-10-4-7-12-5-1-2-6-12/h12-14,16H,1-11,15H2.